The first-order chi connectivity index (χ1) is 7.45. The molecule has 4 heteroatoms. The van der Waals surface area contributed by atoms with Crippen LogP contribution in [-0.2, 0) is 0 Å². The van der Waals surface area contributed by atoms with E-state index in [9.17, 15) is 0 Å². The zero-order valence-electron chi connectivity index (χ0n) is 7.91. The molecule has 0 spiro atoms. The van der Waals surface area contributed by atoms with Gasteiger partial charge in [0.2, 0.25) is 0 Å². The first-order valence-electron chi connectivity index (χ1n) is 4.64. The molecule has 0 fully saturated rings. The average molecular weight is 196 g/mol. The molecule has 15 heavy (non-hydrogen) atoms. The fraction of sp³-hybridized carbons (Fsp3) is 0. The maximum Gasteiger partial charge on any atom is 0.100 e. The predicted octanol–water partition coefficient (Wildman–Crippen LogP) is 1.82. The number of nitrogens with zero attached hydrogens (tertiary/aromatic N) is 4. The largest absolute Gasteiger partial charge is 0.297 e. The maximum absolute atomic E-state index is 4.31. The topological polar surface area (TPSA) is 43.6 Å². The minimum Gasteiger partial charge on any atom is -0.297 e. The second-order valence-corrected chi connectivity index (χ2v) is 3.20. The maximum atomic E-state index is 4.31. The van der Waals surface area contributed by atoms with Crippen LogP contribution in [0.5, 0.6) is 0 Å². The van der Waals surface area contributed by atoms with Crippen LogP contribution >= 0.6 is 0 Å². The first-order valence-corrected chi connectivity index (χ1v) is 4.64. The number of imidazole rings is 1. The lowest BCUT2D eigenvalue weighted by atomic mass is 10.3. The molecule has 0 radical (unpaired) electrons. The third-order valence-electron chi connectivity index (χ3n) is 2.30. The number of rotatable bonds is 1. The monoisotopic (exact) mass is 196 g/mol. The molecule has 0 saturated carbocycles. The van der Waals surface area contributed by atoms with Crippen LogP contribution in [0.15, 0.2) is 49.1 Å². The molecule has 3 rings (SSSR count). The van der Waals surface area contributed by atoms with Crippen molar-refractivity contribution >= 4 is 11.0 Å². The van der Waals surface area contributed by atoms with Gasteiger partial charge in [0.1, 0.15) is 6.33 Å². The SMILES string of the molecule is c1ccc2c(c1)ncn2-c1ccnnc1. The van der Waals surface area contributed by atoms with Crippen molar-refractivity contribution in [2.24, 2.45) is 0 Å². The van der Waals surface area contributed by atoms with E-state index in [1.807, 2.05) is 34.9 Å². The lowest BCUT2D eigenvalue weighted by Gasteiger charge is -2.01. The summed E-state index contributed by atoms with van der Waals surface area (Å²) in [7, 11) is 0. The van der Waals surface area contributed by atoms with Crippen LogP contribution in [0, 0.1) is 0 Å². The Morgan fingerprint density at radius 2 is 1.93 bits per heavy atom. The molecule has 0 bridgehead atoms. The van der Waals surface area contributed by atoms with Crippen molar-refractivity contribution in [1.29, 1.82) is 0 Å². The van der Waals surface area contributed by atoms with Gasteiger partial charge in [0.05, 0.1) is 29.1 Å². The Bertz CT molecular complexity index is 586. The van der Waals surface area contributed by atoms with Gasteiger partial charge in [-0.2, -0.15) is 10.2 Å². The van der Waals surface area contributed by atoms with Gasteiger partial charge in [-0.1, -0.05) is 12.1 Å². The molecule has 0 unspecified atom stereocenters. The molecule has 0 saturated heterocycles. The van der Waals surface area contributed by atoms with Crippen LogP contribution in [-0.4, -0.2) is 19.7 Å². The summed E-state index contributed by atoms with van der Waals surface area (Å²) in [5.74, 6) is 0. The molecule has 0 N–H and O–H groups in total. The van der Waals surface area contributed by atoms with Crippen molar-refractivity contribution in [2.45, 2.75) is 0 Å². The van der Waals surface area contributed by atoms with Gasteiger partial charge >= 0.3 is 0 Å². The molecule has 4 nitrogen and oxygen atoms in total. The van der Waals surface area contributed by atoms with Crippen LogP contribution in [0.1, 0.15) is 0 Å². The normalized spacial score (nSPS) is 10.7. The summed E-state index contributed by atoms with van der Waals surface area (Å²) in [5, 5.41) is 7.60. The third-order valence-corrected chi connectivity index (χ3v) is 2.30. The highest BCUT2D eigenvalue weighted by Crippen LogP contribution is 2.16. The number of benzene rings is 1. The van der Waals surface area contributed by atoms with Crippen LogP contribution in [0.4, 0.5) is 0 Å². The summed E-state index contributed by atoms with van der Waals surface area (Å²) in [6.07, 6.45) is 5.18. The summed E-state index contributed by atoms with van der Waals surface area (Å²) >= 11 is 0. The lowest BCUT2D eigenvalue weighted by Crippen LogP contribution is -1.92. The Kier molecular flexibility index (Phi) is 1.71. The van der Waals surface area contributed by atoms with Gasteiger partial charge in [-0.05, 0) is 18.2 Å². The Balaban J connectivity index is 2.28. The van der Waals surface area contributed by atoms with Crippen molar-refractivity contribution in [1.82, 2.24) is 19.7 Å². The standard InChI is InChI=1S/C11H8N4/c1-2-4-11-10(3-1)12-8-15(11)9-5-6-13-14-7-9/h1-8H. The number of hydrogen-bond donors (Lipinski definition) is 0. The van der Waals surface area contributed by atoms with Crippen LogP contribution in [0.3, 0.4) is 0 Å². The molecule has 1 aromatic carbocycles. The minimum absolute atomic E-state index is 0.971. The zero-order chi connectivity index (χ0) is 10.1. The molecule has 0 aliphatic heterocycles. The van der Waals surface area contributed by atoms with Gasteiger partial charge in [0.15, 0.2) is 0 Å². The van der Waals surface area contributed by atoms with Gasteiger partial charge in [-0.3, -0.25) is 4.57 Å². The molecule has 0 aliphatic rings. The number of aromatic nitrogens is 4. The van der Waals surface area contributed by atoms with E-state index < -0.39 is 0 Å². The van der Waals surface area contributed by atoms with E-state index in [1.165, 1.54) is 0 Å². The van der Waals surface area contributed by atoms with E-state index in [-0.39, 0.29) is 0 Å². The third kappa shape index (κ3) is 1.27. The van der Waals surface area contributed by atoms with Crippen molar-refractivity contribution in [3.8, 4) is 5.69 Å². The second-order valence-electron chi connectivity index (χ2n) is 3.20. The van der Waals surface area contributed by atoms with E-state index in [0.717, 1.165) is 16.7 Å². The van der Waals surface area contributed by atoms with Gasteiger partial charge in [-0.15, -0.1) is 0 Å². The van der Waals surface area contributed by atoms with E-state index in [2.05, 4.69) is 15.2 Å². The van der Waals surface area contributed by atoms with Crippen molar-refractivity contribution < 1.29 is 0 Å². The molecule has 3 aromatic rings. The number of hydrogen-bond acceptors (Lipinski definition) is 3. The summed E-state index contributed by atoms with van der Waals surface area (Å²) in [6, 6.07) is 9.89. The van der Waals surface area contributed by atoms with E-state index in [4.69, 9.17) is 0 Å². The quantitative estimate of drug-likeness (QED) is 0.596. The second kappa shape index (κ2) is 3.16. The highest BCUT2D eigenvalue weighted by molar-refractivity contribution is 5.76. The van der Waals surface area contributed by atoms with E-state index >= 15 is 0 Å². The molecule has 0 aliphatic carbocycles. The van der Waals surface area contributed by atoms with Gasteiger partial charge in [0, 0.05) is 0 Å². The molecule has 2 aromatic heterocycles. The molecule has 0 atom stereocenters. The highest BCUT2D eigenvalue weighted by Gasteiger charge is 2.02. The van der Waals surface area contributed by atoms with Crippen LogP contribution < -0.4 is 0 Å². The summed E-state index contributed by atoms with van der Waals surface area (Å²) in [6.45, 7) is 0. The molecule has 2 heterocycles. The minimum atomic E-state index is 0.971. The van der Waals surface area contributed by atoms with Crippen LogP contribution in [0.25, 0.3) is 16.7 Å². The molecular weight excluding hydrogens is 188 g/mol. The van der Waals surface area contributed by atoms with Gasteiger partial charge in [0.25, 0.3) is 0 Å². The Labute approximate surface area is 86.2 Å². The van der Waals surface area contributed by atoms with Gasteiger partial charge in [-0.25, -0.2) is 4.98 Å². The van der Waals surface area contributed by atoms with E-state index in [1.54, 1.807) is 18.7 Å². The fourth-order valence-corrected chi connectivity index (χ4v) is 1.59. The fourth-order valence-electron chi connectivity index (χ4n) is 1.59. The number of fused-ring (bicyclic) bond motifs is 1. The highest BCUT2D eigenvalue weighted by atomic mass is 15.1. The molecule has 0 amide bonds. The lowest BCUT2D eigenvalue weighted by molar-refractivity contribution is 0.983. The smallest absolute Gasteiger partial charge is 0.100 e. The Morgan fingerprint density at radius 1 is 1.00 bits per heavy atom. The zero-order valence-corrected chi connectivity index (χ0v) is 7.91. The first kappa shape index (κ1) is 8.11. The Morgan fingerprint density at radius 3 is 2.80 bits per heavy atom. The van der Waals surface area contributed by atoms with Crippen molar-refractivity contribution in [3.05, 3.63) is 49.1 Å². The van der Waals surface area contributed by atoms with Crippen molar-refractivity contribution in [3.63, 3.8) is 0 Å². The summed E-state index contributed by atoms with van der Waals surface area (Å²) < 4.78 is 1.99. The van der Waals surface area contributed by atoms with Gasteiger partial charge < -0.3 is 0 Å². The van der Waals surface area contributed by atoms with Crippen molar-refractivity contribution in [2.75, 3.05) is 0 Å². The molecular formula is C11H8N4. The predicted molar refractivity (Wildman–Crippen MR) is 56.7 cm³/mol. The summed E-state index contributed by atoms with van der Waals surface area (Å²) in [5.41, 5.74) is 3.03. The van der Waals surface area contributed by atoms with E-state index in [0.29, 0.717) is 0 Å². The Hall–Kier alpha value is -2.23. The average Bonchev–Trinajstić information content (AvgIpc) is 2.74. The molecule has 72 valence electrons. The summed E-state index contributed by atoms with van der Waals surface area (Å²) in [4.78, 5) is 4.31. The van der Waals surface area contributed by atoms with Crippen LogP contribution in [0.2, 0.25) is 0 Å². The number of para-hydroxylation sites is 2.